The summed E-state index contributed by atoms with van der Waals surface area (Å²) < 4.78 is 5.99. The van der Waals surface area contributed by atoms with Gasteiger partial charge in [0.05, 0.1) is 14.7 Å². The van der Waals surface area contributed by atoms with Gasteiger partial charge in [-0.1, -0.05) is 46.3 Å². The minimum absolute atomic E-state index is 0.285. The van der Waals surface area contributed by atoms with Crippen molar-refractivity contribution in [3.8, 4) is 11.8 Å². The van der Waals surface area contributed by atoms with Crippen molar-refractivity contribution in [3.05, 3.63) is 0 Å². The summed E-state index contributed by atoms with van der Waals surface area (Å²) in [6.07, 6.45) is 0. The summed E-state index contributed by atoms with van der Waals surface area (Å²) in [4.78, 5) is 0. The van der Waals surface area contributed by atoms with Crippen LogP contribution >= 0.6 is 0 Å². The van der Waals surface area contributed by atoms with Crippen molar-refractivity contribution < 1.29 is 4.43 Å². The molecule has 0 aliphatic rings. The Morgan fingerprint density at radius 2 is 1.44 bits per heavy atom. The SMILES string of the molecule is CC(C)(C)[Si](C)(C)OCC#CC[Si](C)(C)C. The normalized spacial score (nSPS) is 13.2. The van der Waals surface area contributed by atoms with Gasteiger partial charge in [0.1, 0.15) is 0 Å². The predicted molar refractivity (Wildman–Crippen MR) is 79.1 cm³/mol. The second-order valence-electron chi connectivity index (χ2n) is 7.14. The molecule has 0 saturated carbocycles. The van der Waals surface area contributed by atoms with Gasteiger partial charge >= 0.3 is 0 Å². The topological polar surface area (TPSA) is 9.23 Å². The van der Waals surface area contributed by atoms with Crippen LogP contribution in [0.1, 0.15) is 20.8 Å². The molecule has 0 N–H and O–H groups in total. The number of rotatable bonds is 3. The van der Waals surface area contributed by atoms with Gasteiger partial charge in [-0.05, 0) is 18.1 Å². The van der Waals surface area contributed by atoms with Crippen molar-refractivity contribution in [2.24, 2.45) is 0 Å². The van der Waals surface area contributed by atoms with Crippen LogP contribution in [0.2, 0.25) is 43.8 Å². The van der Waals surface area contributed by atoms with Crippen molar-refractivity contribution in [3.63, 3.8) is 0 Å². The van der Waals surface area contributed by atoms with E-state index in [4.69, 9.17) is 4.43 Å². The Labute approximate surface area is 104 Å². The molecule has 0 aromatic carbocycles. The van der Waals surface area contributed by atoms with Crippen LogP contribution in [-0.2, 0) is 4.43 Å². The lowest BCUT2D eigenvalue weighted by atomic mass is 10.2. The Bertz CT molecular complexity index is 271. The van der Waals surface area contributed by atoms with Crippen molar-refractivity contribution in [2.45, 2.75) is 64.6 Å². The van der Waals surface area contributed by atoms with E-state index in [1.54, 1.807) is 0 Å². The van der Waals surface area contributed by atoms with Gasteiger partial charge < -0.3 is 4.43 Å². The maximum absolute atomic E-state index is 5.99. The monoisotopic (exact) mass is 256 g/mol. The third kappa shape index (κ3) is 6.52. The summed E-state index contributed by atoms with van der Waals surface area (Å²) in [5.41, 5.74) is 0. The molecule has 0 bridgehead atoms. The summed E-state index contributed by atoms with van der Waals surface area (Å²) in [7, 11) is -2.60. The smallest absolute Gasteiger partial charge is 0.193 e. The molecule has 0 spiro atoms. The molecule has 0 aliphatic heterocycles. The lowest BCUT2D eigenvalue weighted by Gasteiger charge is -2.35. The van der Waals surface area contributed by atoms with Crippen LogP contribution in [-0.4, -0.2) is 23.0 Å². The predicted octanol–water partition coefficient (Wildman–Crippen LogP) is 4.35. The van der Waals surface area contributed by atoms with E-state index in [1.165, 1.54) is 0 Å². The highest BCUT2D eigenvalue weighted by Crippen LogP contribution is 2.36. The van der Waals surface area contributed by atoms with Crippen molar-refractivity contribution in [1.82, 2.24) is 0 Å². The van der Waals surface area contributed by atoms with E-state index in [-0.39, 0.29) is 5.04 Å². The molecular formula is C13H28OSi2. The van der Waals surface area contributed by atoms with Crippen LogP contribution in [0.5, 0.6) is 0 Å². The van der Waals surface area contributed by atoms with E-state index in [0.29, 0.717) is 6.61 Å². The first-order chi connectivity index (χ1) is 6.96. The number of hydrogen-bond donors (Lipinski definition) is 0. The second kappa shape index (κ2) is 5.53. The fourth-order valence-electron chi connectivity index (χ4n) is 0.812. The molecule has 0 heterocycles. The van der Waals surface area contributed by atoms with Gasteiger partial charge in [-0.3, -0.25) is 0 Å². The molecule has 16 heavy (non-hydrogen) atoms. The van der Waals surface area contributed by atoms with Crippen molar-refractivity contribution in [1.29, 1.82) is 0 Å². The molecule has 0 fully saturated rings. The average Bonchev–Trinajstić information content (AvgIpc) is 1.98. The van der Waals surface area contributed by atoms with Gasteiger partial charge in [0.25, 0.3) is 0 Å². The fourth-order valence-corrected chi connectivity index (χ4v) is 2.33. The zero-order chi connectivity index (χ0) is 13.0. The first-order valence-electron chi connectivity index (χ1n) is 6.05. The highest BCUT2D eigenvalue weighted by atomic mass is 28.4. The molecule has 0 radical (unpaired) electrons. The summed E-state index contributed by atoms with van der Waals surface area (Å²) in [5.74, 6) is 6.43. The summed E-state index contributed by atoms with van der Waals surface area (Å²) >= 11 is 0. The lowest BCUT2D eigenvalue weighted by molar-refractivity contribution is 0.334. The minimum Gasteiger partial charge on any atom is -0.406 e. The summed E-state index contributed by atoms with van der Waals surface area (Å²) in [5, 5.41) is 0.285. The van der Waals surface area contributed by atoms with Gasteiger partial charge in [0.2, 0.25) is 0 Å². The molecule has 0 aliphatic carbocycles. The lowest BCUT2D eigenvalue weighted by Crippen LogP contribution is -2.40. The maximum Gasteiger partial charge on any atom is 0.193 e. The molecule has 0 atom stereocenters. The minimum atomic E-state index is -1.59. The van der Waals surface area contributed by atoms with Crippen LogP contribution in [0, 0.1) is 11.8 Å². The van der Waals surface area contributed by atoms with Crippen molar-refractivity contribution >= 4 is 16.4 Å². The van der Waals surface area contributed by atoms with Gasteiger partial charge in [-0.25, -0.2) is 0 Å². The molecule has 1 nitrogen and oxygen atoms in total. The van der Waals surface area contributed by atoms with Crippen molar-refractivity contribution in [2.75, 3.05) is 6.61 Å². The van der Waals surface area contributed by atoms with E-state index < -0.39 is 16.4 Å². The van der Waals surface area contributed by atoms with E-state index in [9.17, 15) is 0 Å². The molecule has 3 heteroatoms. The van der Waals surface area contributed by atoms with Crippen LogP contribution in [0.15, 0.2) is 0 Å². The Kier molecular flexibility index (Phi) is 5.51. The van der Waals surface area contributed by atoms with Gasteiger partial charge in [-0.15, -0.1) is 5.92 Å². The molecular weight excluding hydrogens is 228 g/mol. The quantitative estimate of drug-likeness (QED) is 0.539. The first kappa shape index (κ1) is 16.0. The van der Waals surface area contributed by atoms with E-state index in [1.807, 2.05) is 0 Å². The molecule has 0 unspecified atom stereocenters. The second-order valence-corrected chi connectivity index (χ2v) is 17.4. The van der Waals surface area contributed by atoms with Crippen LogP contribution in [0.4, 0.5) is 0 Å². The van der Waals surface area contributed by atoms with E-state index in [2.05, 4.69) is 65.3 Å². The highest BCUT2D eigenvalue weighted by molar-refractivity contribution is 6.76. The van der Waals surface area contributed by atoms with E-state index in [0.717, 1.165) is 6.04 Å². The third-order valence-corrected chi connectivity index (χ3v) is 8.77. The van der Waals surface area contributed by atoms with Crippen LogP contribution in [0.25, 0.3) is 0 Å². The highest BCUT2D eigenvalue weighted by Gasteiger charge is 2.36. The van der Waals surface area contributed by atoms with Gasteiger partial charge in [0.15, 0.2) is 8.32 Å². The third-order valence-electron chi connectivity index (χ3n) is 3.06. The Morgan fingerprint density at radius 1 is 0.938 bits per heavy atom. The summed E-state index contributed by atoms with van der Waals surface area (Å²) in [6.45, 7) is 19.0. The molecule has 0 amide bonds. The Morgan fingerprint density at radius 3 is 1.81 bits per heavy atom. The van der Waals surface area contributed by atoms with Crippen LogP contribution in [0.3, 0.4) is 0 Å². The molecule has 0 aromatic rings. The van der Waals surface area contributed by atoms with Gasteiger partial charge in [-0.2, -0.15) is 0 Å². The first-order valence-corrected chi connectivity index (χ1v) is 12.7. The zero-order valence-electron chi connectivity index (χ0n) is 12.3. The number of hydrogen-bond acceptors (Lipinski definition) is 1. The summed E-state index contributed by atoms with van der Waals surface area (Å²) in [6, 6.07) is 1.08. The fraction of sp³-hybridized carbons (Fsp3) is 0.846. The largest absolute Gasteiger partial charge is 0.406 e. The molecule has 94 valence electrons. The average molecular weight is 257 g/mol. The molecule has 0 aromatic heterocycles. The molecule has 0 rings (SSSR count). The van der Waals surface area contributed by atoms with Crippen LogP contribution < -0.4 is 0 Å². The molecule has 0 saturated heterocycles. The standard InChI is InChI=1S/C13H28OSi2/c1-13(2,3)16(7,8)14-11-9-10-12-15(4,5)6/h11-12H2,1-8H3. The van der Waals surface area contributed by atoms with Gasteiger partial charge in [0, 0.05) is 6.04 Å². The Hall–Kier alpha value is -0.0462. The van der Waals surface area contributed by atoms with E-state index >= 15 is 0 Å². The maximum atomic E-state index is 5.99. The zero-order valence-corrected chi connectivity index (χ0v) is 14.3. The Balaban J connectivity index is 4.09.